The van der Waals surface area contributed by atoms with Crippen molar-refractivity contribution in [2.45, 2.75) is 39.7 Å². The van der Waals surface area contributed by atoms with Crippen LogP contribution in [-0.4, -0.2) is 18.0 Å². The van der Waals surface area contributed by atoms with Crippen LogP contribution in [-0.2, 0) is 11.2 Å². The molecule has 100 valence electrons. The highest BCUT2D eigenvalue weighted by Crippen LogP contribution is 2.22. The topological polar surface area (TPSA) is 41.1 Å². The number of amides is 1. The SMILES string of the molecule is CCNC(C)(C)C(=O)Nc1ccc(Br)cc1CC. The molecule has 0 bridgehead atoms. The maximum Gasteiger partial charge on any atom is 0.244 e. The van der Waals surface area contributed by atoms with E-state index in [1.165, 1.54) is 0 Å². The van der Waals surface area contributed by atoms with E-state index < -0.39 is 5.54 Å². The zero-order valence-electron chi connectivity index (χ0n) is 11.4. The number of anilines is 1. The van der Waals surface area contributed by atoms with E-state index in [9.17, 15) is 4.79 Å². The molecule has 0 atom stereocenters. The second-order valence-electron chi connectivity index (χ2n) is 4.76. The van der Waals surface area contributed by atoms with Crippen molar-refractivity contribution in [3.63, 3.8) is 0 Å². The van der Waals surface area contributed by atoms with Gasteiger partial charge in [-0.05, 0) is 50.6 Å². The van der Waals surface area contributed by atoms with Crippen LogP contribution in [0.25, 0.3) is 0 Å². The van der Waals surface area contributed by atoms with Gasteiger partial charge in [0.15, 0.2) is 0 Å². The molecule has 0 fully saturated rings. The molecule has 1 amide bonds. The van der Waals surface area contributed by atoms with E-state index in [0.29, 0.717) is 0 Å². The van der Waals surface area contributed by atoms with Gasteiger partial charge in [-0.1, -0.05) is 29.8 Å². The Hall–Kier alpha value is -0.870. The number of rotatable bonds is 5. The number of halogens is 1. The molecule has 0 aliphatic rings. The van der Waals surface area contributed by atoms with Gasteiger partial charge in [0.25, 0.3) is 0 Å². The van der Waals surface area contributed by atoms with Crippen molar-refractivity contribution in [2.24, 2.45) is 0 Å². The summed E-state index contributed by atoms with van der Waals surface area (Å²) in [7, 11) is 0. The van der Waals surface area contributed by atoms with Crippen LogP contribution in [0.1, 0.15) is 33.3 Å². The van der Waals surface area contributed by atoms with Crippen molar-refractivity contribution in [3.05, 3.63) is 28.2 Å². The molecule has 2 N–H and O–H groups in total. The molecule has 0 aliphatic carbocycles. The van der Waals surface area contributed by atoms with Gasteiger partial charge in [-0.2, -0.15) is 0 Å². The molecule has 3 nitrogen and oxygen atoms in total. The van der Waals surface area contributed by atoms with Crippen LogP contribution in [0.3, 0.4) is 0 Å². The largest absolute Gasteiger partial charge is 0.324 e. The monoisotopic (exact) mass is 312 g/mol. The Morgan fingerprint density at radius 3 is 2.56 bits per heavy atom. The molecule has 0 saturated heterocycles. The first-order valence-corrected chi connectivity index (χ1v) is 7.05. The zero-order chi connectivity index (χ0) is 13.8. The van der Waals surface area contributed by atoms with E-state index in [2.05, 4.69) is 33.5 Å². The van der Waals surface area contributed by atoms with Crippen molar-refractivity contribution >= 4 is 27.5 Å². The van der Waals surface area contributed by atoms with Crippen molar-refractivity contribution in [1.82, 2.24) is 5.32 Å². The molecule has 1 rings (SSSR count). The summed E-state index contributed by atoms with van der Waals surface area (Å²) in [5, 5.41) is 6.16. The first-order valence-electron chi connectivity index (χ1n) is 6.25. The zero-order valence-corrected chi connectivity index (χ0v) is 13.0. The van der Waals surface area contributed by atoms with Crippen molar-refractivity contribution < 1.29 is 4.79 Å². The van der Waals surface area contributed by atoms with Gasteiger partial charge < -0.3 is 10.6 Å². The van der Waals surface area contributed by atoms with Gasteiger partial charge in [-0.15, -0.1) is 0 Å². The van der Waals surface area contributed by atoms with Gasteiger partial charge in [0.05, 0.1) is 5.54 Å². The third kappa shape index (κ3) is 3.82. The van der Waals surface area contributed by atoms with Crippen LogP contribution in [0, 0.1) is 0 Å². The van der Waals surface area contributed by atoms with Gasteiger partial charge in [0, 0.05) is 10.2 Å². The van der Waals surface area contributed by atoms with Crippen molar-refractivity contribution in [3.8, 4) is 0 Å². The Morgan fingerprint density at radius 2 is 2.00 bits per heavy atom. The molecule has 0 aliphatic heterocycles. The van der Waals surface area contributed by atoms with Crippen LogP contribution in [0.4, 0.5) is 5.69 Å². The lowest BCUT2D eigenvalue weighted by molar-refractivity contribution is -0.121. The van der Waals surface area contributed by atoms with Gasteiger partial charge in [0.2, 0.25) is 5.91 Å². The summed E-state index contributed by atoms with van der Waals surface area (Å²) in [6, 6.07) is 5.91. The fourth-order valence-electron chi connectivity index (χ4n) is 1.78. The van der Waals surface area contributed by atoms with E-state index in [0.717, 1.165) is 28.7 Å². The van der Waals surface area contributed by atoms with E-state index in [4.69, 9.17) is 0 Å². The summed E-state index contributed by atoms with van der Waals surface area (Å²) >= 11 is 3.44. The number of hydrogen-bond donors (Lipinski definition) is 2. The molecule has 0 spiro atoms. The quantitative estimate of drug-likeness (QED) is 0.875. The van der Waals surface area contributed by atoms with Crippen LogP contribution in [0.5, 0.6) is 0 Å². The average Bonchev–Trinajstić information content (AvgIpc) is 2.31. The summed E-state index contributed by atoms with van der Waals surface area (Å²) in [4.78, 5) is 12.2. The molecule has 1 aromatic rings. The normalized spacial score (nSPS) is 11.4. The maximum atomic E-state index is 12.2. The molecular formula is C14H21BrN2O. The van der Waals surface area contributed by atoms with E-state index in [-0.39, 0.29) is 5.91 Å². The Kier molecular flexibility index (Phi) is 5.35. The predicted octanol–water partition coefficient (Wildman–Crippen LogP) is 3.34. The molecule has 0 aromatic heterocycles. The van der Waals surface area contributed by atoms with Crippen LogP contribution in [0.15, 0.2) is 22.7 Å². The van der Waals surface area contributed by atoms with E-state index >= 15 is 0 Å². The molecule has 0 saturated carbocycles. The standard InChI is InChI=1S/C14H21BrN2O/c1-5-10-9-11(15)7-8-12(10)17-13(18)14(3,4)16-6-2/h7-9,16H,5-6H2,1-4H3,(H,17,18). The Bertz CT molecular complexity index is 430. The van der Waals surface area contributed by atoms with Gasteiger partial charge in [-0.25, -0.2) is 0 Å². The third-order valence-electron chi connectivity index (χ3n) is 2.88. The second kappa shape index (κ2) is 6.34. The summed E-state index contributed by atoms with van der Waals surface area (Å²) in [6.45, 7) is 8.60. The van der Waals surface area contributed by atoms with E-state index in [1.807, 2.05) is 39.0 Å². The molecule has 0 radical (unpaired) electrons. The summed E-state index contributed by atoms with van der Waals surface area (Å²) < 4.78 is 1.03. The maximum absolute atomic E-state index is 12.2. The molecular weight excluding hydrogens is 292 g/mol. The van der Waals surface area contributed by atoms with Gasteiger partial charge in [0.1, 0.15) is 0 Å². The minimum absolute atomic E-state index is 0.0126. The number of carbonyl (C=O) groups is 1. The molecule has 4 heteroatoms. The Morgan fingerprint density at radius 1 is 1.33 bits per heavy atom. The first kappa shape index (κ1) is 15.2. The first-order chi connectivity index (χ1) is 8.40. The molecule has 1 aromatic carbocycles. The number of benzene rings is 1. The Labute approximate surface area is 117 Å². The molecule has 18 heavy (non-hydrogen) atoms. The fraction of sp³-hybridized carbons (Fsp3) is 0.500. The van der Waals surface area contributed by atoms with E-state index in [1.54, 1.807) is 0 Å². The lowest BCUT2D eigenvalue weighted by atomic mass is 10.0. The van der Waals surface area contributed by atoms with Crippen LogP contribution < -0.4 is 10.6 Å². The highest BCUT2D eigenvalue weighted by Gasteiger charge is 2.26. The number of carbonyl (C=O) groups excluding carboxylic acids is 1. The predicted molar refractivity (Wildman–Crippen MR) is 79.9 cm³/mol. The van der Waals surface area contributed by atoms with Crippen LogP contribution >= 0.6 is 15.9 Å². The number of nitrogens with one attached hydrogen (secondary N) is 2. The Balaban J connectivity index is 2.88. The molecule has 0 unspecified atom stereocenters. The van der Waals surface area contributed by atoms with Crippen LogP contribution in [0.2, 0.25) is 0 Å². The fourth-order valence-corrected chi connectivity index (χ4v) is 2.19. The summed E-state index contributed by atoms with van der Waals surface area (Å²) in [5.74, 6) is -0.0126. The minimum Gasteiger partial charge on any atom is -0.324 e. The third-order valence-corrected chi connectivity index (χ3v) is 3.38. The summed E-state index contributed by atoms with van der Waals surface area (Å²) in [5.41, 5.74) is 1.45. The smallest absolute Gasteiger partial charge is 0.244 e. The average molecular weight is 313 g/mol. The second-order valence-corrected chi connectivity index (χ2v) is 5.68. The lowest BCUT2D eigenvalue weighted by Crippen LogP contribution is -2.49. The highest BCUT2D eigenvalue weighted by atomic mass is 79.9. The van der Waals surface area contributed by atoms with Crippen molar-refractivity contribution in [2.75, 3.05) is 11.9 Å². The van der Waals surface area contributed by atoms with Gasteiger partial charge >= 0.3 is 0 Å². The lowest BCUT2D eigenvalue weighted by Gasteiger charge is -2.25. The number of hydrogen-bond acceptors (Lipinski definition) is 2. The molecule has 0 heterocycles. The number of likely N-dealkylation sites (N-methyl/N-ethyl adjacent to an activating group) is 1. The highest BCUT2D eigenvalue weighted by molar-refractivity contribution is 9.10. The van der Waals surface area contributed by atoms with Crippen molar-refractivity contribution in [1.29, 1.82) is 0 Å². The minimum atomic E-state index is -0.563. The van der Waals surface area contributed by atoms with Gasteiger partial charge in [-0.3, -0.25) is 4.79 Å². The number of aryl methyl sites for hydroxylation is 1. The summed E-state index contributed by atoms with van der Waals surface area (Å²) in [6.07, 6.45) is 0.886.